The van der Waals surface area contributed by atoms with Crippen LogP contribution in [0.15, 0.2) is 108 Å². The van der Waals surface area contributed by atoms with Gasteiger partial charge in [0.25, 0.3) is 10.0 Å². The Bertz CT molecular complexity index is 1710. The maximum absolute atomic E-state index is 14.5. The van der Waals surface area contributed by atoms with Crippen molar-refractivity contribution in [3.63, 3.8) is 0 Å². The third-order valence-corrected chi connectivity index (χ3v) is 9.44. The van der Waals surface area contributed by atoms with Crippen molar-refractivity contribution in [2.45, 2.75) is 44.7 Å². The standard InChI is InChI=1S/C35H37Cl2N3O4S/c1-25(2)22-38-35(42)33(21-27-10-5-4-6-11-27)39(23-28-12-8-13-30(37)20-28)34(41)24-40(31-14-7-9-26(3)19-31)45(43,44)32-17-15-29(36)16-18-32/h4-20,25,33H,21-24H2,1-3H3,(H,38,42)/t33-/m1/s1. The molecular weight excluding hydrogens is 629 g/mol. The number of aryl methyl sites for hydroxylation is 1. The zero-order valence-electron chi connectivity index (χ0n) is 25.5. The SMILES string of the molecule is Cc1cccc(N(CC(=O)N(Cc2cccc(Cl)c2)[C@H](Cc2ccccc2)C(=O)NCC(C)C)S(=O)(=O)c2ccc(Cl)cc2)c1. The minimum Gasteiger partial charge on any atom is -0.354 e. The molecule has 0 fully saturated rings. The van der Waals surface area contributed by atoms with E-state index in [9.17, 15) is 18.0 Å². The number of anilines is 1. The number of halogens is 2. The van der Waals surface area contributed by atoms with Gasteiger partial charge in [-0.25, -0.2) is 8.42 Å². The van der Waals surface area contributed by atoms with Crippen molar-refractivity contribution in [3.8, 4) is 0 Å². The van der Waals surface area contributed by atoms with E-state index in [4.69, 9.17) is 23.2 Å². The van der Waals surface area contributed by atoms with Gasteiger partial charge in [0.2, 0.25) is 11.8 Å². The maximum atomic E-state index is 14.5. The first kappa shape index (κ1) is 34.0. The number of carbonyl (C=O) groups is 2. The van der Waals surface area contributed by atoms with Gasteiger partial charge < -0.3 is 10.2 Å². The molecule has 4 aromatic rings. The fraction of sp³-hybridized carbons (Fsp3) is 0.257. The second-order valence-corrected chi connectivity index (χ2v) is 14.0. The topological polar surface area (TPSA) is 86.8 Å². The Morgan fingerprint density at radius 3 is 2.11 bits per heavy atom. The van der Waals surface area contributed by atoms with Gasteiger partial charge in [0.15, 0.2) is 0 Å². The van der Waals surface area contributed by atoms with E-state index < -0.39 is 28.5 Å². The molecule has 236 valence electrons. The minimum atomic E-state index is -4.22. The number of hydrogen-bond donors (Lipinski definition) is 1. The van der Waals surface area contributed by atoms with E-state index in [2.05, 4.69) is 5.32 Å². The van der Waals surface area contributed by atoms with Crippen molar-refractivity contribution in [3.05, 3.63) is 130 Å². The number of hydrogen-bond acceptors (Lipinski definition) is 4. The molecular formula is C35H37Cl2N3O4S. The van der Waals surface area contributed by atoms with Crippen molar-refractivity contribution in [2.24, 2.45) is 5.92 Å². The van der Waals surface area contributed by atoms with Crippen LogP contribution in [0.1, 0.15) is 30.5 Å². The van der Waals surface area contributed by atoms with Crippen molar-refractivity contribution in [1.82, 2.24) is 10.2 Å². The molecule has 0 aliphatic carbocycles. The number of carbonyl (C=O) groups excluding carboxylic acids is 2. The Morgan fingerprint density at radius 1 is 0.800 bits per heavy atom. The van der Waals surface area contributed by atoms with Crippen molar-refractivity contribution in [1.29, 1.82) is 0 Å². The van der Waals surface area contributed by atoms with Crippen LogP contribution in [0, 0.1) is 12.8 Å². The van der Waals surface area contributed by atoms with Gasteiger partial charge in [0.05, 0.1) is 10.6 Å². The predicted octanol–water partition coefficient (Wildman–Crippen LogP) is 6.91. The van der Waals surface area contributed by atoms with Gasteiger partial charge in [0.1, 0.15) is 12.6 Å². The van der Waals surface area contributed by atoms with Crippen LogP contribution in [0.25, 0.3) is 0 Å². The third-order valence-electron chi connectivity index (χ3n) is 7.17. The van der Waals surface area contributed by atoms with Crippen LogP contribution in [0.3, 0.4) is 0 Å². The first-order valence-electron chi connectivity index (χ1n) is 14.6. The highest BCUT2D eigenvalue weighted by Gasteiger charge is 2.34. The van der Waals surface area contributed by atoms with Gasteiger partial charge in [-0.15, -0.1) is 0 Å². The normalized spacial score (nSPS) is 12.0. The average Bonchev–Trinajstić information content (AvgIpc) is 3.01. The number of amides is 2. The highest BCUT2D eigenvalue weighted by atomic mass is 35.5. The van der Waals surface area contributed by atoms with Crippen LogP contribution in [-0.2, 0) is 32.6 Å². The summed E-state index contributed by atoms with van der Waals surface area (Å²) >= 11 is 12.4. The Kier molecular flexibility index (Phi) is 11.7. The molecule has 0 aliphatic heterocycles. The van der Waals surface area contributed by atoms with Crippen LogP contribution < -0.4 is 9.62 Å². The maximum Gasteiger partial charge on any atom is 0.264 e. The molecule has 45 heavy (non-hydrogen) atoms. The summed E-state index contributed by atoms with van der Waals surface area (Å²) in [6, 6.07) is 28.3. The van der Waals surface area contributed by atoms with Gasteiger partial charge in [-0.3, -0.25) is 13.9 Å². The van der Waals surface area contributed by atoms with E-state index in [0.717, 1.165) is 15.4 Å². The Balaban J connectivity index is 1.80. The minimum absolute atomic E-state index is 0.0156. The van der Waals surface area contributed by atoms with E-state index >= 15 is 0 Å². The van der Waals surface area contributed by atoms with E-state index in [1.165, 1.54) is 29.2 Å². The first-order valence-corrected chi connectivity index (χ1v) is 16.8. The predicted molar refractivity (Wildman–Crippen MR) is 181 cm³/mol. The van der Waals surface area contributed by atoms with Crippen molar-refractivity contribution < 1.29 is 18.0 Å². The number of benzene rings is 4. The monoisotopic (exact) mass is 665 g/mol. The molecule has 0 bridgehead atoms. The van der Waals surface area contributed by atoms with Crippen molar-refractivity contribution in [2.75, 3.05) is 17.4 Å². The van der Waals surface area contributed by atoms with Gasteiger partial charge >= 0.3 is 0 Å². The second-order valence-electron chi connectivity index (χ2n) is 11.3. The first-order chi connectivity index (χ1) is 21.4. The molecule has 0 aliphatic rings. The van der Waals surface area contributed by atoms with E-state index in [1.807, 2.05) is 63.2 Å². The summed E-state index contributed by atoms with van der Waals surface area (Å²) in [5.41, 5.74) is 2.70. The zero-order valence-corrected chi connectivity index (χ0v) is 27.8. The molecule has 0 spiro atoms. The van der Waals surface area contributed by atoms with Gasteiger partial charge in [0, 0.05) is 29.6 Å². The second kappa shape index (κ2) is 15.4. The molecule has 0 unspecified atom stereocenters. The van der Waals surface area contributed by atoms with Crippen LogP contribution in [0.4, 0.5) is 5.69 Å². The molecule has 0 saturated carbocycles. The number of rotatable bonds is 13. The zero-order chi connectivity index (χ0) is 32.6. The summed E-state index contributed by atoms with van der Waals surface area (Å²) < 4.78 is 29.3. The summed E-state index contributed by atoms with van der Waals surface area (Å²) in [5, 5.41) is 3.85. The summed E-state index contributed by atoms with van der Waals surface area (Å²) in [6.45, 7) is 5.74. The van der Waals surface area contributed by atoms with Crippen LogP contribution in [0.5, 0.6) is 0 Å². The van der Waals surface area contributed by atoms with Crippen LogP contribution >= 0.6 is 23.2 Å². The molecule has 2 amide bonds. The van der Waals surface area contributed by atoms with Gasteiger partial charge in [-0.05, 0) is 78.1 Å². The molecule has 4 aromatic carbocycles. The molecule has 0 saturated heterocycles. The molecule has 7 nitrogen and oxygen atoms in total. The summed E-state index contributed by atoms with van der Waals surface area (Å²) in [7, 11) is -4.22. The molecule has 1 atom stereocenters. The lowest BCUT2D eigenvalue weighted by molar-refractivity contribution is -0.140. The number of nitrogens with zero attached hydrogens (tertiary/aromatic N) is 2. The smallest absolute Gasteiger partial charge is 0.264 e. The van der Waals surface area contributed by atoms with Gasteiger partial charge in [-0.2, -0.15) is 0 Å². The quantitative estimate of drug-likeness (QED) is 0.168. The largest absolute Gasteiger partial charge is 0.354 e. The molecule has 0 radical (unpaired) electrons. The molecule has 1 N–H and O–H groups in total. The average molecular weight is 667 g/mol. The highest BCUT2D eigenvalue weighted by molar-refractivity contribution is 7.92. The van der Waals surface area contributed by atoms with E-state index in [0.29, 0.717) is 27.8 Å². The lowest BCUT2D eigenvalue weighted by Gasteiger charge is -2.34. The fourth-order valence-corrected chi connectivity index (χ4v) is 6.60. The number of sulfonamides is 1. The van der Waals surface area contributed by atoms with Crippen molar-refractivity contribution >= 4 is 50.7 Å². The van der Waals surface area contributed by atoms with Crippen LogP contribution in [-0.4, -0.2) is 44.3 Å². The Morgan fingerprint density at radius 2 is 1.47 bits per heavy atom. The number of nitrogens with one attached hydrogen (secondary N) is 1. The Hall–Kier alpha value is -3.85. The Labute approximate surface area is 275 Å². The lowest BCUT2D eigenvalue weighted by Crippen LogP contribution is -2.53. The molecule has 0 heterocycles. The summed E-state index contributed by atoms with van der Waals surface area (Å²) in [5.74, 6) is -0.690. The summed E-state index contributed by atoms with van der Waals surface area (Å²) in [6.07, 6.45) is 0.228. The highest BCUT2D eigenvalue weighted by Crippen LogP contribution is 2.27. The molecule has 0 aromatic heterocycles. The van der Waals surface area contributed by atoms with E-state index in [1.54, 1.807) is 36.4 Å². The van der Waals surface area contributed by atoms with Crippen LogP contribution in [0.2, 0.25) is 10.0 Å². The third kappa shape index (κ3) is 9.33. The lowest BCUT2D eigenvalue weighted by atomic mass is 10.0. The van der Waals surface area contributed by atoms with E-state index in [-0.39, 0.29) is 29.7 Å². The van der Waals surface area contributed by atoms with Gasteiger partial charge in [-0.1, -0.05) is 91.6 Å². The summed E-state index contributed by atoms with van der Waals surface area (Å²) in [4.78, 5) is 29.8. The molecule has 10 heteroatoms. The molecule has 4 rings (SSSR count). The fourth-order valence-electron chi connectivity index (χ4n) is 4.85.